The fraction of sp³-hybridized carbons (Fsp3) is 0. The highest BCUT2D eigenvalue weighted by atomic mass is 16.6. The van der Waals surface area contributed by atoms with Gasteiger partial charge in [-0.3, -0.25) is 4.57 Å². The number of fused-ring (bicyclic) bond motifs is 6. The molecule has 0 bridgehead atoms. The van der Waals surface area contributed by atoms with Gasteiger partial charge in [0.25, 0.3) is 0 Å². The summed E-state index contributed by atoms with van der Waals surface area (Å²) in [6.45, 7) is 0. The summed E-state index contributed by atoms with van der Waals surface area (Å²) in [4.78, 5) is 2.32. The third-order valence-electron chi connectivity index (χ3n) is 10.9. The molecule has 0 unspecified atom stereocenters. The first-order chi connectivity index (χ1) is 27.8. The van der Waals surface area contributed by atoms with Crippen LogP contribution in [0.25, 0.3) is 60.4 Å². The van der Waals surface area contributed by atoms with Gasteiger partial charge in [-0.2, -0.15) is 0 Å². The van der Waals surface area contributed by atoms with Crippen LogP contribution < -0.4 is 14.4 Å². The van der Waals surface area contributed by atoms with Crippen molar-refractivity contribution in [2.45, 2.75) is 0 Å². The van der Waals surface area contributed by atoms with E-state index in [0.717, 1.165) is 39.4 Å². The molecule has 4 nitrogen and oxygen atoms in total. The zero-order chi connectivity index (χ0) is 37.0. The second-order valence-corrected chi connectivity index (χ2v) is 14.1. The summed E-state index contributed by atoms with van der Waals surface area (Å²) in [7, 11) is 0. The van der Waals surface area contributed by atoms with Gasteiger partial charge in [-0.25, -0.2) is 0 Å². The Morgan fingerprint density at radius 1 is 0.357 bits per heavy atom. The maximum Gasteiger partial charge on any atom is 0.249 e. The molecule has 0 amide bonds. The van der Waals surface area contributed by atoms with E-state index in [0.29, 0.717) is 17.4 Å². The number of anilines is 3. The molecule has 0 saturated carbocycles. The Bertz CT molecular complexity index is 2940. The molecule has 0 spiro atoms. The molecule has 2 heterocycles. The van der Waals surface area contributed by atoms with E-state index in [1.165, 1.54) is 43.8 Å². The fourth-order valence-corrected chi connectivity index (χ4v) is 8.20. The summed E-state index contributed by atoms with van der Waals surface area (Å²) in [5.41, 5.74) is 9.98. The molecular formula is C52H34N2O2. The minimum atomic E-state index is 0.669. The molecule has 1 aromatic heterocycles. The largest absolute Gasteiger partial charge is 0.447 e. The van der Waals surface area contributed by atoms with Crippen molar-refractivity contribution in [1.29, 1.82) is 0 Å². The molecule has 0 aliphatic carbocycles. The normalized spacial score (nSPS) is 11.9. The van der Waals surface area contributed by atoms with E-state index in [4.69, 9.17) is 9.47 Å². The van der Waals surface area contributed by atoms with Crippen molar-refractivity contribution < 1.29 is 9.47 Å². The number of para-hydroxylation sites is 3. The number of aromatic nitrogens is 1. The van der Waals surface area contributed by atoms with E-state index < -0.39 is 0 Å². The lowest BCUT2D eigenvalue weighted by molar-refractivity contribution is 0.349. The topological polar surface area (TPSA) is 26.6 Å². The van der Waals surface area contributed by atoms with E-state index in [1.54, 1.807) is 0 Å². The lowest BCUT2D eigenvalue weighted by atomic mass is 9.97. The molecule has 0 fully saturated rings. The summed E-state index contributed by atoms with van der Waals surface area (Å²) in [5, 5.41) is 5.97. The van der Waals surface area contributed by atoms with Gasteiger partial charge in [0.2, 0.25) is 5.88 Å². The maximum absolute atomic E-state index is 6.54. The van der Waals surface area contributed by atoms with Gasteiger partial charge in [-0.05, 0) is 117 Å². The van der Waals surface area contributed by atoms with Crippen LogP contribution in [-0.4, -0.2) is 4.57 Å². The molecule has 9 aromatic carbocycles. The van der Waals surface area contributed by atoms with Crippen LogP contribution in [0.1, 0.15) is 0 Å². The predicted octanol–water partition coefficient (Wildman–Crippen LogP) is 14.6. The van der Waals surface area contributed by atoms with E-state index in [1.807, 2.05) is 30.3 Å². The lowest BCUT2D eigenvalue weighted by Crippen LogP contribution is -2.10. The molecule has 1 aliphatic rings. The standard InChI is InChI=1S/C52H34N2O2/c1-3-15-43-35(11-1)13-9-18-45(43)37-23-27-39(28-24-37)53(40-29-25-38(26-30-40)46-19-10-14-36-12-2-4-16-44(36)46)41-31-33-42(34-32-41)54-48-20-6-5-17-47(48)51-52(54)56-50-22-8-7-21-49(50)55-51/h1-34H. The fourth-order valence-electron chi connectivity index (χ4n) is 8.20. The second kappa shape index (κ2) is 13.1. The molecule has 0 radical (unpaired) electrons. The number of hydrogen-bond donors (Lipinski definition) is 0. The first kappa shape index (κ1) is 31.9. The first-order valence-electron chi connectivity index (χ1n) is 18.9. The Balaban J connectivity index is 1.01. The van der Waals surface area contributed by atoms with Crippen molar-refractivity contribution in [2.75, 3.05) is 4.90 Å². The monoisotopic (exact) mass is 718 g/mol. The highest BCUT2D eigenvalue weighted by Gasteiger charge is 2.28. The van der Waals surface area contributed by atoms with Crippen LogP contribution in [0.5, 0.6) is 23.1 Å². The quantitative estimate of drug-likeness (QED) is 0.171. The minimum absolute atomic E-state index is 0.669. The van der Waals surface area contributed by atoms with Gasteiger partial charge in [-0.15, -0.1) is 0 Å². The van der Waals surface area contributed by atoms with Gasteiger partial charge < -0.3 is 14.4 Å². The van der Waals surface area contributed by atoms with Gasteiger partial charge in [-0.1, -0.05) is 133 Å². The van der Waals surface area contributed by atoms with E-state index in [-0.39, 0.29) is 0 Å². The Morgan fingerprint density at radius 3 is 1.38 bits per heavy atom. The molecule has 0 N–H and O–H groups in total. The Labute approximate surface area is 324 Å². The number of hydrogen-bond acceptors (Lipinski definition) is 3. The molecule has 0 saturated heterocycles. The zero-order valence-electron chi connectivity index (χ0n) is 30.3. The lowest BCUT2D eigenvalue weighted by Gasteiger charge is -2.26. The Hall–Kier alpha value is -7.56. The van der Waals surface area contributed by atoms with Crippen LogP contribution >= 0.6 is 0 Å². The van der Waals surface area contributed by atoms with Gasteiger partial charge >= 0.3 is 0 Å². The molecule has 10 aromatic rings. The van der Waals surface area contributed by atoms with Crippen LogP contribution in [0, 0.1) is 0 Å². The van der Waals surface area contributed by atoms with Crippen molar-refractivity contribution >= 4 is 49.5 Å². The predicted molar refractivity (Wildman–Crippen MR) is 230 cm³/mol. The summed E-state index contributed by atoms with van der Waals surface area (Å²) < 4.78 is 15.1. The van der Waals surface area contributed by atoms with Crippen LogP contribution in [-0.2, 0) is 0 Å². The van der Waals surface area contributed by atoms with Crippen LogP contribution in [0.3, 0.4) is 0 Å². The summed E-state index contributed by atoms with van der Waals surface area (Å²) in [6.07, 6.45) is 0. The van der Waals surface area contributed by atoms with Crippen molar-refractivity contribution in [3.8, 4) is 51.1 Å². The smallest absolute Gasteiger partial charge is 0.249 e. The van der Waals surface area contributed by atoms with E-state index in [2.05, 4.69) is 185 Å². The molecule has 1 aliphatic heterocycles. The van der Waals surface area contributed by atoms with Gasteiger partial charge in [0, 0.05) is 28.1 Å². The molecule has 11 rings (SSSR count). The zero-order valence-corrected chi connectivity index (χ0v) is 30.3. The van der Waals surface area contributed by atoms with Crippen molar-refractivity contribution in [1.82, 2.24) is 4.57 Å². The number of rotatable bonds is 6. The highest BCUT2D eigenvalue weighted by molar-refractivity contribution is 5.98. The maximum atomic E-state index is 6.54. The van der Waals surface area contributed by atoms with Crippen LogP contribution in [0.4, 0.5) is 17.1 Å². The average molecular weight is 719 g/mol. The van der Waals surface area contributed by atoms with Gasteiger partial charge in [0.1, 0.15) is 0 Å². The Kier molecular flexibility index (Phi) is 7.46. The number of benzene rings is 9. The SMILES string of the molecule is c1ccc2c(c1)Oc1c(n(-c3ccc(N(c4ccc(-c5cccc6ccccc56)cc4)c4ccc(-c5cccc6ccccc56)cc4)cc3)c3ccccc13)O2. The highest BCUT2D eigenvalue weighted by Crippen LogP contribution is 2.51. The third-order valence-corrected chi connectivity index (χ3v) is 10.9. The van der Waals surface area contributed by atoms with Crippen LogP contribution in [0.15, 0.2) is 206 Å². The van der Waals surface area contributed by atoms with Gasteiger partial charge in [0.15, 0.2) is 17.2 Å². The summed E-state index contributed by atoms with van der Waals surface area (Å²) in [6, 6.07) is 72.8. The second-order valence-electron chi connectivity index (χ2n) is 14.1. The first-order valence-corrected chi connectivity index (χ1v) is 18.9. The number of nitrogens with zero attached hydrogens (tertiary/aromatic N) is 2. The summed E-state index contributed by atoms with van der Waals surface area (Å²) in [5.74, 6) is 2.81. The van der Waals surface area contributed by atoms with Crippen molar-refractivity contribution in [3.63, 3.8) is 0 Å². The van der Waals surface area contributed by atoms with Gasteiger partial charge in [0.05, 0.1) is 5.52 Å². The van der Waals surface area contributed by atoms with E-state index >= 15 is 0 Å². The molecule has 4 heteroatoms. The summed E-state index contributed by atoms with van der Waals surface area (Å²) >= 11 is 0. The number of ether oxygens (including phenoxy) is 2. The van der Waals surface area contributed by atoms with Crippen molar-refractivity contribution in [3.05, 3.63) is 206 Å². The molecular weight excluding hydrogens is 685 g/mol. The minimum Gasteiger partial charge on any atom is -0.447 e. The third kappa shape index (κ3) is 5.31. The molecule has 264 valence electrons. The van der Waals surface area contributed by atoms with E-state index in [9.17, 15) is 0 Å². The van der Waals surface area contributed by atoms with Crippen molar-refractivity contribution in [2.24, 2.45) is 0 Å². The molecule has 56 heavy (non-hydrogen) atoms. The van der Waals surface area contributed by atoms with Crippen LogP contribution in [0.2, 0.25) is 0 Å². The average Bonchev–Trinajstić information content (AvgIpc) is 3.59. The molecule has 0 atom stereocenters. The Morgan fingerprint density at radius 2 is 0.804 bits per heavy atom.